The van der Waals surface area contributed by atoms with Gasteiger partial charge in [-0.25, -0.2) is 4.79 Å². The third kappa shape index (κ3) is 3.17. The van der Waals surface area contributed by atoms with Gasteiger partial charge >= 0.3 is 5.97 Å². The fourth-order valence-corrected chi connectivity index (χ4v) is 1.81. The Labute approximate surface area is 116 Å². The second-order valence-electron chi connectivity index (χ2n) is 4.17. The Kier molecular flexibility index (Phi) is 4.05. The van der Waals surface area contributed by atoms with Crippen LogP contribution in [0.2, 0.25) is 0 Å². The quantitative estimate of drug-likeness (QED) is 0.837. The van der Waals surface area contributed by atoms with Gasteiger partial charge in [-0.1, -0.05) is 24.3 Å². The first-order valence-electron chi connectivity index (χ1n) is 5.98. The molecule has 0 bridgehead atoms. The molecule has 0 unspecified atom stereocenters. The van der Waals surface area contributed by atoms with E-state index >= 15 is 0 Å². The lowest BCUT2D eigenvalue weighted by Crippen LogP contribution is -1.86. The second kappa shape index (κ2) is 5.93. The number of ether oxygens (including phenoxy) is 1. The zero-order valence-corrected chi connectivity index (χ0v) is 10.9. The van der Waals surface area contributed by atoms with Crippen LogP contribution in [0.5, 0.6) is 11.5 Å². The SMILES string of the molecule is COc1ccc(-c2ccc(C=CC(=O)O)c(O)c2)cc1. The van der Waals surface area contributed by atoms with Crippen LogP contribution in [0.15, 0.2) is 48.5 Å². The molecule has 0 spiro atoms. The number of phenolic OH excluding ortho intramolecular Hbond substituents is 1. The van der Waals surface area contributed by atoms with Gasteiger partial charge in [0.1, 0.15) is 11.5 Å². The van der Waals surface area contributed by atoms with Gasteiger partial charge in [0, 0.05) is 11.6 Å². The van der Waals surface area contributed by atoms with Crippen molar-refractivity contribution in [2.45, 2.75) is 0 Å². The number of aromatic hydroxyl groups is 1. The van der Waals surface area contributed by atoms with Gasteiger partial charge in [0.15, 0.2) is 0 Å². The van der Waals surface area contributed by atoms with Crippen LogP contribution >= 0.6 is 0 Å². The first-order valence-corrected chi connectivity index (χ1v) is 5.98. The van der Waals surface area contributed by atoms with Crippen molar-refractivity contribution >= 4 is 12.0 Å². The maximum Gasteiger partial charge on any atom is 0.328 e. The Morgan fingerprint density at radius 1 is 1.10 bits per heavy atom. The summed E-state index contributed by atoms with van der Waals surface area (Å²) < 4.78 is 5.09. The Morgan fingerprint density at radius 2 is 1.75 bits per heavy atom. The van der Waals surface area contributed by atoms with Gasteiger partial charge < -0.3 is 14.9 Å². The van der Waals surface area contributed by atoms with E-state index in [-0.39, 0.29) is 5.75 Å². The normalized spacial score (nSPS) is 10.7. The van der Waals surface area contributed by atoms with Crippen molar-refractivity contribution in [3.8, 4) is 22.6 Å². The molecule has 0 aromatic heterocycles. The Hall–Kier alpha value is -2.75. The van der Waals surface area contributed by atoms with E-state index in [9.17, 15) is 9.90 Å². The Morgan fingerprint density at radius 3 is 2.30 bits per heavy atom. The summed E-state index contributed by atoms with van der Waals surface area (Å²) in [5.41, 5.74) is 2.25. The molecule has 2 aromatic carbocycles. The molecule has 0 saturated heterocycles. The van der Waals surface area contributed by atoms with Crippen LogP contribution in [0.4, 0.5) is 0 Å². The molecule has 2 N–H and O–H groups in total. The number of rotatable bonds is 4. The highest BCUT2D eigenvalue weighted by Crippen LogP contribution is 2.28. The van der Waals surface area contributed by atoms with Crippen molar-refractivity contribution in [1.82, 2.24) is 0 Å². The van der Waals surface area contributed by atoms with E-state index in [0.717, 1.165) is 23.0 Å². The number of benzene rings is 2. The number of carbonyl (C=O) groups is 1. The molecule has 0 heterocycles. The lowest BCUT2D eigenvalue weighted by Gasteiger charge is -2.06. The van der Waals surface area contributed by atoms with Crippen LogP contribution in [0.25, 0.3) is 17.2 Å². The lowest BCUT2D eigenvalue weighted by atomic mass is 10.0. The summed E-state index contributed by atoms with van der Waals surface area (Å²) >= 11 is 0. The highest BCUT2D eigenvalue weighted by molar-refractivity contribution is 5.86. The molecule has 102 valence electrons. The number of phenols is 1. The molecule has 2 rings (SSSR count). The highest BCUT2D eigenvalue weighted by Gasteiger charge is 2.03. The van der Waals surface area contributed by atoms with E-state index in [0.29, 0.717) is 5.56 Å². The maximum absolute atomic E-state index is 10.5. The van der Waals surface area contributed by atoms with Crippen LogP contribution in [-0.2, 0) is 4.79 Å². The fourth-order valence-electron chi connectivity index (χ4n) is 1.81. The third-order valence-corrected chi connectivity index (χ3v) is 2.86. The highest BCUT2D eigenvalue weighted by atomic mass is 16.5. The van der Waals surface area contributed by atoms with Gasteiger partial charge in [-0.15, -0.1) is 0 Å². The molecular formula is C16H14O4. The molecule has 0 amide bonds. The minimum atomic E-state index is -1.05. The zero-order chi connectivity index (χ0) is 14.5. The first-order chi connectivity index (χ1) is 9.60. The van der Waals surface area contributed by atoms with E-state index in [1.165, 1.54) is 6.08 Å². The van der Waals surface area contributed by atoms with Gasteiger partial charge in [-0.3, -0.25) is 0 Å². The van der Waals surface area contributed by atoms with Crippen LogP contribution in [0.3, 0.4) is 0 Å². The van der Waals surface area contributed by atoms with Crippen LogP contribution in [-0.4, -0.2) is 23.3 Å². The smallest absolute Gasteiger partial charge is 0.328 e. The molecular weight excluding hydrogens is 256 g/mol. The summed E-state index contributed by atoms with van der Waals surface area (Å²) in [6, 6.07) is 12.6. The third-order valence-electron chi connectivity index (χ3n) is 2.86. The summed E-state index contributed by atoms with van der Waals surface area (Å²) in [6.45, 7) is 0. The monoisotopic (exact) mass is 270 g/mol. The molecule has 0 aliphatic heterocycles. The lowest BCUT2D eigenvalue weighted by molar-refractivity contribution is -0.131. The number of aliphatic carboxylic acids is 1. The molecule has 4 heteroatoms. The van der Waals surface area contributed by atoms with Crippen molar-refractivity contribution < 1.29 is 19.7 Å². The maximum atomic E-state index is 10.5. The van der Waals surface area contributed by atoms with E-state index in [1.807, 2.05) is 30.3 Å². The average Bonchev–Trinajstić information content (AvgIpc) is 2.46. The molecule has 0 aliphatic carbocycles. The van der Waals surface area contributed by atoms with Crippen molar-refractivity contribution in [2.75, 3.05) is 7.11 Å². The molecule has 4 nitrogen and oxygen atoms in total. The van der Waals surface area contributed by atoms with Gasteiger partial charge in [0.25, 0.3) is 0 Å². The molecule has 0 aliphatic rings. The second-order valence-corrected chi connectivity index (χ2v) is 4.17. The van der Waals surface area contributed by atoms with Gasteiger partial charge in [-0.05, 0) is 35.4 Å². The van der Waals surface area contributed by atoms with Gasteiger partial charge in [-0.2, -0.15) is 0 Å². The van der Waals surface area contributed by atoms with E-state index in [4.69, 9.17) is 9.84 Å². The standard InChI is InChI=1S/C16H14O4/c1-20-14-7-4-11(5-8-14)13-3-2-12(15(17)10-13)6-9-16(18)19/h2-10,17H,1H3,(H,18,19). The first kappa shape index (κ1) is 13.7. The van der Waals surface area contributed by atoms with Gasteiger partial charge in [0.05, 0.1) is 7.11 Å². The van der Waals surface area contributed by atoms with E-state index in [2.05, 4.69) is 0 Å². The zero-order valence-electron chi connectivity index (χ0n) is 10.9. The van der Waals surface area contributed by atoms with Crippen LogP contribution < -0.4 is 4.74 Å². The summed E-state index contributed by atoms with van der Waals surface area (Å²) in [5.74, 6) is -0.251. The molecule has 20 heavy (non-hydrogen) atoms. The number of carboxylic acids is 1. The van der Waals surface area contributed by atoms with Gasteiger partial charge in [0.2, 0.25) is 0 Å². The predicted molar refractivity (Wildman–Crippen MR) is 76.8 cm³/mol. The van der Waals surface area contributed by atoms with Crippen LogP contribution in [0, 0.1) is 0 Å². The Balaban J connectivity index is 2.30. The fraction of sp³-hybridized carbons (Fsp3) is 0.0625. The molecule has 0 fully saturated rings. The van der Waals surface area contributed by atoms with Crippen molar-refractivity contribution in [3.63, 3.8) is 0 Å². The Bertz CT molecular complexity index is 642. The number of methoxy groups -OCH3 is 1. The number of carboxylic acid groups (broad SMARTS) is 1. The van der Waals surface area contributed by atoms with E-state index in [1.54, 1.807) is 19.2 Å². The van der Waals surface area contributed by atoms with Crippen molar-refractivity contribution in [1.29, 1.82) is 0 Å². The minimum Gasteiger partial charge on any atom is -0.507 e. The predicted octanol–water partition coefficient (Wildman–Crippen LogP) is 3.17. The van der Waals surface area contributed by atoms with Crippen LogP contribution in [0.1, 0.15) is 5.56 Å². The van der Waals surface area contributed by atoms with E-state index < -0.39 is 5.97 Å². The summed E-state index contributed by atoms with van der Waals surface area (Å²) in [6.07, 6.45) is 2.34. The summed E-state index contributed by atoms with van der Waals surface area (Å²) in [5, 5.41) is 18.5. The molecule has 0 saturated carbocycles. The topological polar surface area (TPSA) is 66.8 Å². The summed E-state index contributed by atoms with van der Waals surface area (Å²) in [4.78, 5) is 10.5. The molecule has 0 radical (unpaired) electrons. The van der Waals surface area contributed by atoms with Crippen molar-refractivity contribution in [3.05, 3.63) is 54.1 Å². The average molecular weight is 270 g/mol. The summed E-state index contributed by atoms with van der Waals surface area (Å²) in [7, 11) is 1.60. The largest absolute Gasteiger partial charge is 0.507 e. The molecule has 0 atom stereocenters. The number of hydrogen-bond donors (Lipinski definition) is 2. The molecule has 2 aromatic rings. The van der Waals surface area contributed by atoms with Crippen molar-refractivity contribution in [2.24, 2.45) is 0 Å². The minimum absolute atomic E-state index is 0.0378. The number of hydrogen-bond acceptors (Lipinski definition) is 3.